The number of carbonyl (C=O) groups excluding carboxylic acids is 3. The first-order chi connectivity index (χ1) is 11.1. The van der Waals surface area contributed by atoms with Crippen LogP contribution in [0, 0.1) is 0 Å². The Morgan fingerprint density at radius 2 is 1.70 bits per heavy atom. The lowest BCUT2D eigenvalue weighted by molar-refractivity contribution is -0.173. The summed E-state index contributed by atoms with van der Waals surface area (Å²) in [5, 5.41) is 0.508. The van der Waals surface area contributed by atoms with Gasteiger partial charge >= 0.3 is 5.97 Å². The second-order valence-electron chi connectivity index (χ2n) is 5.21. The van der Waals surface area contributed by atoms with Crippen LogP contribution in [0.4, 0.5) is 0 Å². The normalized spacial score (nSPS) is 14.3. The van der Waals surface area contributed by atoms with Gasteiger partial charge in [0.25, 0.3) is 11.8 Å². The van der Waals surface area contributed by atoms with Crippen LogP contribution >= 0.6 is 0 Å². The molecule has 6 heteroatoms. The Balaban J connectivity index is 1.59. The summed E-state index contributed by atoms with van der Waals surface area (Å²) in [4.78, 5) is 39.5. The second-order valence-corrected chi connectivity index (χ2v) is 5.21. The summed E-state index contributed by atoms with van der Waals surface area (Å²) in [6.45, 7) is 0. The fourth-order valence-electron chi connectivity index (χ4n) is 2.32. The third kappa shape index (κ3) is 3.48. The minimum Gasteiger partial charge on any atom is -0.454 e. The number of carbonyl (C=O) groups is 3. The largest absolute Gasteiger partial charge is 0.454 e. The maximum atomic E-state index is 11.9. The molecule has 1 aromatic carbocycles. The molecule has 0 saturated carbocycles. The Labute approximate surface area is 132 Å². The van der Waals surface area contributed by atoms with E-state index in [0.717, 1.165) is 6.42 Å². The van der Waals surface area contributed by atoms with Crippen molar-refractivity contribution in [3.63, 3.8) is 0 Å². The Morgan fingerprint density at radius 1 is 1.00 bits per heavy atom. The fourth-order valence-corrected chi connectivity index (χ4v) is 2.32. The van der Waals surface area contributed by atoms with Gasteiger partial charge in [-0.2, -0.15) is 0 Å². The molecule has 0 spiro atoms. The first-order valence-corrected chi connectivity index (χ1v) is 7.34. The van der Waals surface area contributed by atoms with E-state index in [1.807, 2.05) is 30.3 Å². The van der Waals surface area contributed by atoms with Crippen LogP contribution in [0.2, 0.25) is 0 Å². The van der Waals surface area contributed by atoms with Crippen molar-refractivity contribution in [3.05, 3.63) is 59.5 Å². The van der Waals surface area contributed by atoms with Gasteiger partial charge in [-0.15, -0.1) is 5.06 Å². The molecule has 6 nitrogen and oxygen atoms in total. The Morgan fingerprint density at radius 3 is 2.39 bits per heavy atom. The summed E-state index contributed by atoms with van der Waals surface area (Å²) in [5.41, 5.74) is 1.17. The van der Waals surface area contributed by atoms with Crippen molar-refractivity contribution in [2.45, 2.75) is 25.7 Å². The maximum Gasteiger partial charge on any atom is 0.398 e. The van der Waals surface area contributed by atoms with Crippen molar-refractivity contribution < 1.29 is 23.6 Å². The number of amides is 2. The van der Waals surface area contributed by atoms with Gasteiger partial charge in [0.05, 0.1) is 0 Å². The fraction of sp³-hybridized carbons (Fsp3) is 0.235. The molecule has 0 bridgehead atoms. The van der Waals surface area contributed by atoms with Crippen molar-refractivity contribution in [2.24, 2.45) is 0 Å². The van der Waals surface area contributed by atoms with Crippen LogP contribution in [0.1, 0.15) is 34.7 Å². The van der Waals surface area contributed by atoms with Crippen LogP contribution in [0.25, 0.3) is 0 Å². The molecule has 0 atom stereocenters. The lowest BCUT2D eigenvalue weighted by Gasteiger charge is -2.10. The SMILES string of the molecule is O=C(ON1C(=O)CCC1=O)c1ccc(CCc2ccccc2)o1. The summed E-state index contributed by atoms with van der Waals surface area (Å²) in [5.74, 6) is -1.27. The minimum absolute atomic E-state index is 0.0273. The van der Waals surface area contributed by atoms with E-state index in [2.05, 4.69) is 0 Å². The highest BCUT2D eigenvalue weighted by atomic mass is 16.7. The van der Waals surface area contributed by atoms with E-state index in [9.17, 15) is 14.4 Å². The van der Waals surface area contributed by atoms with Crippen molar-refractivity contribution in [3.8, 4) is 0 Å². The van der Waals surface area contributed by atoms with Gasteiger partial charge in [0.1, 0.15) is 5.76 Å². The number of furan rings is 1. The topological polar surface area (TPSA) is 76.8 Å². The smallest absolute Gasteiger partial charge is 0.398 e. The van der Waals surface area contributed by atoms with Gasteiger partial charge in [0.2, 0.25) is 5.76 Å². The molecule has 1 saturated heterocycles. The standard InChI is InChI=1S/C17H15NO5/c19-15-10-11-16(20)18(15)23-17(21)14-9-8-13(22-14)7-6-12-4-2-1-3-5-12/h1-5,8-9H,6-7,10-11H2. The number of rotatable bonds is 5. The van der Waals surface area contributed by atoms with E-state index in [4.69, 9.17) is 9.25 Å². The van der Waals surface area contributed by atoms with E-state index in [1.54, 1.807) is 6.07 Å². The van der Waals surface area contributed by atoms with Crippen molar-refractivity contribution in [2.75, 3.05) is 0 Å². The van der Waals surface area contributed by atoms with Crippen LogP contribution in [0.5, 0.6) is 0 Å². The predicted molar refractivity (Wildman–Crippen MR) is 79.1 cm³/mol. The van der Waals surface area contributed by atoms with Gasteiger partial charge in [-0.25, -0.2) is 4.79 Å². The molecule has 1 fully saturated rings. The van der Waals surface area contributed by atoms with E-state index < -0.39 is 17.8 Å². The first kappa shape index (κ1) is 15.0. The van der Waals surface area contributed by atoms with Gasteiger partial charge in [-0.1, -0.05) is 30.3 Å². The summed E-state index contributed by atoms with van der Waals surface area (Å²) >= 11 is 0. The number of imide groups is 1. The van der Waals surface area contributed by atoms with Crippen LogP contribution in [-0.2, 0) is 27.3 Å². The van der Waals surface area contributed by atoms with E-state index in [1.165, 1.54) is 11.6 Å². The minimum atomic E-state index is -0.848. The van der Waals surface area contributed by atoms with E-state index >= 15 is 0 Å². The zero-order chi connectivity index (χ0) is 16.2. The Kier molecular flexibility index (Phi) is 4.23. The Bertz CT molecular complexity index is 718. The van der Waals surface area contributed by atoms with Gasteiger partial charge < -0.3 is 9.25 Å². The highest BCUT2D eigenvalue weighted by molar-refractivity contribution is 6.02. The molecule has 0 aliphatic carbocycles. The molecule has 2 aromatic rings. The molecule has 0 N–H and O–H groups in total. The molecule has 2 heterocycles. The summed E-state index contributed by atoms with van der Waals surface area (Å²) in [6, 6.07) is 13.1. The second kappa shape index (κ2) is 6.48. The van der Waals surface area contributed by atoms with Gasteiger partial charge in [-0.3, -0.25) is 9.59 Å². The third-order valence-corrected chi connectivity index (χ3v) is 3.55. The average molecular weight is 313 g/mol. The van der Waals surface area contributed by atoms with E-state index in [0.29, 0.717) is 17.2 Å². The molecule has 2 amide bonds. The zero-order valence-corrected chi connectivity index (χ0v) is 12.4. The third-order valence-electron chi connectivity index (χ3n) is 3.55. The van der Waals surface area contributed by atoms with Crippen LogP contribution in [0.3, 0.4) is 0 Å². The lowest BCUT2D eigenvalue weighted by atomic mass is 10.1. The van der Waals surface area contributed by atoms with Gasteiger partial charge in [0, 0.05) is 19.3 Å². The van der Waals surface area contributed by atoms with Gasteiger partial charge in [0.15, 0.2) is 0 Å². The number of hydrogen-bond donors (Lipinski definition) is 0. The summed E-state index contributed by atoms with van der Waals surface area (Å²) in [7, 11) is 0. The molecule has 23 heavy (non-hydrogen) atoms. The molecule has 1 aliphatic heterocycles. The first-order valence-electron chi connectivity index (χ1n) is 7.34. The number of hydroxylamine groups is 2. The molecule has 3 rings (SSSR count). The quantitative estimate of drug-likeness (QED) is 0.792. The predicted octanol–water partition coefficient (Wildman–Crippen LogP) is 2.29. The van der Waals surface area contributed by atoms with Crippen LogP contribution in [0.15, 0.2) is 46.9 Å². The summed E-state index contributed by atoms with van der Waals surface area (Å²) in [6.07, 6.45) is 1.55. The molecule has 0 radical (unpaired) electrons. The molecule has 1 aliphatic rings. The zero-order valence-electron chi connectivity index (χ0n) is 12.4. The van der Waals surface area contributed by atoms with Gasteiger partial charge in [-0.05, 0) is 24.1 Å². The lowest BCUT2D eigenvalue weighted by Crippen LogP contribution is -2.31. The number of hydrogen-bond acceptors (Lipinski definition) is 5. The van der Waals surface area contributed by atoms with Crippen LogP contribution < -0.4 is 0 Å². The van der Waals surface area contributed by atoms with Crippen molar-refractivity contribution in [1.82, 2.24) is 5.06 Å². The average Bonchev–Trinajstić information content (AvgIpc) is 3.16. The maximum absolute atomic E-state index is 11.9. The molecule has 1 aromatic heterocycles. The van der Waals surface area contributed by atoms with Crippen LogP contribution in [-0.4, -0.2) is 22.8 Å². The highest BCUT2D eigenvalue weighted by Gasteiger charge is 2.33. The molecular weight excluding hydrogens is 298 g/mol. The number of aryl methyl sites for hydroxylation is 2. The van der Waals surface area contributed by atoms with Crippen molar-refractivity contribution >= 4 is 17.8 Å². The van der Waals surface area contributed by atoms with E-state index in [-0.39, 0.29) is 18.6 Å². The summed E-state index contributed by atoms with van der Waals surface area (Å²) < 4.78 is 5.42. The van der Waals surface area contributed by atoms with Crippen molar-refractivity contribution in [1.29, 1.82) is 0 Å². The highest BCUT2D eigenvalue weighted by Crippen LogP contribution is 2.16. The number of nitrogens with zero attached hydrogens (tertiary/aromatic N) is 1. The molecular formula is C17H15NO5. The monoisotopic (exact) mass is 313 g/mol. The molecule has 0 unspecified atom stereocenters. The number of benzene rings is 1. The molecule has 118 valence electrons. The Hall–Kier alpha value is -2.89.